The first kappa shape index (κ1) is 11.4. The summed E-state index contributed by atoms with van der Waals surface area (Å²) in [5.74, 6) is -1.34. The zero-order valence-corrected chi connectivity index (χ0v) is 7.61. The molecular formula is C8H16O4. The number of hydrogen-bond acceptors (Lipinski definition) is 3. The minimum absolute atomic E-state index is 0.0284. The van der Waals surface area contributed by atoms with E-state index in [0.29, 0.717) is 0 Å². The molecule has 0 amide bonds. The fourth-order valence-corrected chi connectivity index (χ4v) is 1.06. The Morgan fingerprint density at radius 1 is 1.42 bits per heavy atom. The first-order chi connectivity index (χ1) is 5.30. The quantitative estimate of drug-likeness (QED) is 0.573. The van der Waals surface area contributed by atoms with Crippen molar-refractivity contribution in [1.29, 1.82) is 0 Å². The van der Waals surface area contributed by atoms with Gasteiger partial charge in [0, 0.05) is 0 Å². The van der Waals surface area contributed by atoms with E-state index >= 15 is 0 Å². The minimum Gasteiger partial charge on any atom is -0.479 e. The zero-order valence-electron chi connectivity index (χ0n) is 7.61. The summed E-state index contributed by atoms with van der Waals surface area (Å²) in [6, 6.07) is 0. The van der Waals surface area contributed by atoms with Gasteiger partial charge in [-0.1, -0.05) is 13.8 Å². The maximum atomic E-state index is 10.6. The van der Waals surface area contributed by atoms with Crippen LogP contribution in [0.3, 0.4) is 0 Å². The van der Waals surface area contributed by atoms with Gasteiger partial charge in [0.05, 0.1) is 6.10 Å². The molecule has 0 aromatic rings. The number of carboxylic acids is 1. The molecule has 0 bridgehead atoms. The Labute approximate surface area is 71.8 Å². The molecule has 12 heavy (non-hydrogen) atoms. The van der Waals surface area contributed by atoms with E-state index in [4.69, 9.17) is 10.2 Å². The van der Waals surface area contributed by atoms with Crippen LogP contribution in [0.15, 0.2) is 0 Å². The van der Waals surface area contributed by atoms with Crippen molar-refractivity contribution in [2.45, 2.75) is 38.9 Å². The summed E-state index contributed by atoms with van der Waals surface area (Å²) in [7, 11) is 0. The van der Waals surface area contributed by atoms with Gasteiger partial charge < -0.3 is 15.3 Å². The highest BCUT2D eigenvalue weighted by Crippen LogP contribution is 2.21. The van der Waals surface area contributed by atoms with E-state index in [9.17, 15) is 9.90 Å². The van der Waals surface area contributed by atoms with Crippen LogP contribution >= 0.6 is 0 Å². The van der Waals surface area contributed by atoms with Crippen LogP contribution in [-0.4, -0.2) is 33.0 Å². The Morgan fingerprint density at radius 3 is 1.92 bits per heavy atom. The number of carbonyl (C=O) groups is 1. The molecule has 0 aromatic carbocycles. The molecule has 4 heteroatoms. The highest BCUT2D eigenvalue weighted by atomic mass is 16.4. The molecule has 3 N–H and O–H groups in total. The average Bonchev–Trinajstić information content (AvgIpc) is 1.84. The van der Waals surface area contributed by atoms with Gasteiger partial charge in [-0.05, 0) is 19.3 Å². The Hall–Kier alpha value is -0.610. The summed E-state index contributed by atoms with van der Waals surface area (Å²) in [6.07, 6.45) is -1.20. The van der Waals surface area contributed by atoms with Gasteiger partial charge in [-0.25, -0.2) is 4.79 Å². The second kappa shape index (κ2) is 3.87. The third kappa shape index (κ3) is 2.46. The van der Waals surface area contributed by atoms with Crippen LogP contribution in [0.5, 0.6) is 0 Å². The van der Waals surface area contributed by atoms with E-state index in [1.807, 2.05) is 0 Å². The van der Waals surface area contributed by atoms with Crippen LogP contribution in [-0.2, 0) is 4.79 Å². The molecule has 0 aliphatic carbocycles. The lowest BCUT2D eigenvalue weighted by Crippen LogP contribution is -2.49. The van der Waals surface area contributed by atoms with Gasteiger partial charge in [0.25, 0.3) is 0 Å². The molecule has 0 aliphatic heterocycles. The van der Waals surface area contributed by atoms with Crippen molar-refractivity contribution in [3.8, 4) is 0 Å². The van der Waals surface area contributed by atoms with Gasteiger partial charge in [-0.3, -0.25) is 0 Å². The number of aliphatic hydroxyl groups is 2. The van der Waals surface area contributed by atoms with Gasteiger partial charge in [0.2, 0.25) is 0 Å². The summed E-state index contributed by atoms with van der Waals surface area (Å²) in [6.45, 7) is 4.85. The van der Waals surface area contributed by atoms with E-state index in [-0.39, 0.29) is 12.3 Å². The summed E-state index contributed by atoms with van der Waals surface area (Å²) in [5.41, 5.74) is -2.01. The second-order valence-corrected chi connectivity index (χ2v) is 3.50. The van der Waals surface area contributed by atoms with Gasteiger partial charge in [0.15, 0.2) is 5.60 Å². The van der Waals surface area contributed by atoms with Crippen LogP contribution < -0.4 is 0 Å². The molecule has 4 nitrogen and oxygen atoms in total. The fraction of sp³-hybridized carbons (Fsp3) is 0.875. The SMILES string of the molecule is CC(C)CC(O)(C(=O)O)C(C)O. The van der Waals surface area contributed by atoms with Crippen LogP contribution in [0.4, 0.5) is 0 Å². The van der Waals surface area contributed by atoms with Gasteiger partial charge in [-0.2, -0.15) is 0 Å². The van der Waals surface area contributed by atoms with E-state index in [1.54, 1.807) is 13.8 Å². The van der Waals surface area contributed by atoms with Crippen molar-refractivity contribution < 1.29 is 20.1 Å². The number of aliphatic carboxylic acids is 1. The van der Waals surface area contributed by atoms with Crippen LogP contribution in [0, 0.1) is 5.92 Å². The van der Waals surface area contributed by atoms with Crippen molar-refractivity contribution in [3.63, 3.8) is 0 Å². The largest absolute Gasteiger partial charge is 0.479 e. The monoisotopic (exact) mass is 176 g/mol. The molecule has 0 aliphatic rings. The topological polar surface area (TPSA) is 77.8 Å². The highest BCUT2D eigenvalue weighted by molar-refractivity contribution is 5.77. The standard InChI is InChI=1S/C8H16O4/c1-5(2)4-8(12,6(3)9)7(10)11/h5-6,9,12H,4H2,1-3H3,(H,10,11). The lowest BCUT2D eigenvalue weighted by Gasteiger charge is -2.27. The normalized spacial score (nSPS) is 18.8. The predicted molar refractivity (Wildman–Crippen MR) is 43.7 cm³/mol. The Kier molecular flexibility index (Phi) is 3.67. The van der Waals surface area contributed by atoms with Crippen LogP contribution in [0.2, 0.25) is 0 Å². The minimum atomic E-state index is -2.01. The predicted octanol–water partition coefficient (Wildman–Crippen LogP) is 0.229. The second-order valence-electron chi connectivity index (χ2n) is 3.50. The maximum absolute atomic E-state index is 10.6. The van der Waals surface area contributed by atoms with Crippen LogP contribution in [0.25, 0.3) is 0 Å². The molecule has 0 saturated carbocycles. The molecule has 2 atom stereocenters. The first-order valence-electron chi connectivity index (χ1n) is 3.94. The van der Waals surface area contributed by atoms with Crippen molar-refractivity contribution >= 4 is 5.97 Å². The molecule has 2 unspecified atom stereocenters. The molecular weight excluding hydrogens is 160 g/mol. The van der Waals surface area contributed by atoms with Gasteiger partial charge in [-0.15, -0.1) is 0 Å². The molecule has 0 spiro atoms. The van der Waals surface area contributed by atoms with E-state index < -0.39 is 17.7 Å². The smallest absolute Gasteiger partial charge is 0.338 e. The Balaban J connectivity index is 4.51. The Morgan fingerprint density at radius 2 is 1.83 bits per heavy atom. The number of hydrogen-bond donors (Lipinski definition) is 3. The lowest BCUT2D eigenvalue weighted by atomic mass is 9.88. The average molecular weight is 176 g/mol. The number of aliphatic hydroxyl groups excluding tert-OH is 1. The molecule has 0 rings (SSSR count). The van der Waals surface area contributed by atoms with Crippen LogP contribution in [0.1, 0.15) is 27.2 Å². The van der Waals surface area contributed by atoms with Crippen molar-refractivity contribution in [2.24, 2.45) is 5.92 Å². The zero-order chi connectivity index (χ0) is 9.94. The number of carboxylic acid groups (broad SMARTS) is 1. The summed E-state index contributed by atoms with van der Waals surface area (Å²) >= 11 is 0. The third-order valence-corrected chi connectivity index (χ3v) is 1.78. The van der Waals surface area contributed by atoms with Gasteiger partial charge >= 0.3 is 5.97 Å². The molecule has 0 saturated heterocycles. The fourth-order valence-electron chi connectivity index (χ4n) is 1.06. The lowest BCUT2D eigenvalue weighted by molar-refractivity contribution is -0.172. The first-order valence-corrected chi connectivity index (χ1v) is 3.94. The molecule has 0 aromatic heterocycles. The summed E-state index contributed by atoms with van der Waals surface area (Å²) in [4.78, 5) is 10.6. The third-order valence-electron chi connectivity index (χ3n) is 1.78. The molecule has 0 radical (unpaired) electrons. The van der Waals surface area contributed by atoms with E-state index in [2.05, 4.69) is 0 Å². The van der Waals surface area contributed by atoms with Gasteiger partial charge in [0.1, 0.15) is 0 Å². The van der Waals surface area contributed by atoms with Crippen molar-refractivity contribution in [1.82, 2.24) is 0 Å². The molecule has 0 fully saturated rings. The molecule has 72 valence electrons. The number of rotatable bonds is 4. The van der Waals surface area contributed by atoms with Crippen molar-refractivity contribution in [2.75, 3.05) is 0 Å². The maximum Gasteiger partial charge on any atom is 0.338 e. The molecule has 0 heterocycles. The van der Waals surface area contributed by atoms with Crippen molar-refractivity contribution in [3.05, 3.63) is 0 Å². The van der Waals surface area contributed by atoms with E-state index in [1.165, 1.54) is 6.92 Å². The summed E-state index contributed by atoms with van der Waals surface area (Å²) < 4.78 is 0. The summed E-state index contributed by atoms with van der Waals surface area (Å²) in [5, 5.41) is 27.2. The van der Waals surface area contributed by atoms with E-state index in [0.717, 1.165) is 0 Å². The Bertz CT molecular complexity index is 164. The highest BCUT2D eigenvalue weighted by Gasteiger charge is 2.41.